The molecule has 1 fully saturated rings. The molecule has 1 aliphatic carbocycles. The minimum Gasteiger partial charge on any atom is -0.385 e. The molecule has 1 aromatic rings. The van der Waals surface area contributed by atoms with Gasteiger partial charge >= 0.3 is 0 Å². The second kappa shape index (κ2) is 3.13. The predicted molar refractivity (Wildman–Crippen MR) is 50.2 cm³/mol. The number of rotatable bonds is 3. The molecule has 0 unspecified atom stereocenters. The summed E-state index contributed by atoms with van der Waals surface area (Å²) in [6, 6.07) is 4.11. The van der Waals surface area contributed by atoms with Crippen molar-refractivity contribution in [1.29, 1.82) is 0 Å². The minimum absolute atomic E-state index is 0.929. The Morgan fingerprint density at radius 3 is 3.08 bits per heavy atom. The number of anilines is 1. The van der Waals surface area contributed by atoms with Crippen molar-refractivity contribution in [3.63, 3.8) is 0 Å². The van der Waals surface area contributed by atoms with Crippen LogP contribution in [0, 0.1) is 12.8 Å². The van der Waals surface area contributed by atoms with Crippen molar-refractivity contribution in [2.75, 3.05) is 11.9 Å². The van der Waals surface area contributed by atoms with Gasteiger partial charge in [-0.05, 0) is 37.8 Å². The molecule has 0 amide bonds. The van der Waals surface area contributed by atoms with E-state index in [0.717, 1.165) is 18.2 Å². The van der Waals surface area contributed by atoms with E-state index in [1.165, 1.54) is 18.5 Å². The molecular weight excluding hydrogens is 148 g/mol. The highest BCUT2D eigenvalue weighted by Gasteiger charge is 2.20. The topological polar surface area (TPSA) is 24.9 Å². The second-order valence-electron chi connectivity index (χ2n) is 3.51. The zero-order valence-corrected chi connectivity index (χ0v) is 7.38. The average molecular weight is 162 g/mol. The van der Waals surface area contributed by atoms with Crippen molar-refractivity contribution >= 4 is 5.69 Å². The third kappa shape index (κ3) is 1.97. The number of hydrogen-bond acceptors (Lipinski definition) is 2. The van der Waals surface area contributed by atoms with Crippen LogP contribution in [0.3, 0.4) is 0 Å². The molecule has 0 bridgehead atoms. The summed E-state index contributed by atoms with van der Waals surface area (Å²) in [4.78, 5) is 4.14. The summed E-state index contributed by atoms with van der Waals surface area (Å²) >= 11 is 0. The van der Waals surface area contributed by atoms with Crippen LogP contribution in [0.15, 0.2) is 18.3 Å². The van der Waals surface area contributed by atoms with E-state index in [2.05, 4.69) is 16.4 Å². The first kappa shape index (κ1) is 7.59. The fourth-order valence-corrected chi connectivity index (χ4v) is 1.24. The van der Waals surface area contributed by atoms with Gasteiger partial charge in [0.05, 0.1) is 0 Å². The van der Waals surface area contributed by atoms with E-state index in [1.807, 2.05) is 19.2 Å². The van der Waals surface area contributed by atoms with Crippen molar-refractivity contribution in [2.45, 2.75) is 19.8 Å². The van der Waals surface area contributed by atoms with E-state index in [0.29, 0.717) is 0 Å². The molecule has 0 spiro atoms. The van der Waals surface area contributed by atoms with Crippen LogP contribution in [0.25, 0.3) is 0 Å². The Labute approximate surface area is 73.0 Å². The molecule has 1 heterocycles. The third-order valence-corrected chi connectivity index (χ3v) is 2.19. The van der Waals surface area contributed by atoms with Crippen molar-refractivity contribution in [3.05, 3.63) is 24.0 Å². The quantitative estimate of drug-likeness (QED) is 0.737. The lowest BCUT2D eigenvalue weighted by atomic mass is 10.3. The monoisotopic (exact) mass is 162 g/mol. The number of aryl methyl sites for hydroxylation is 1. The van der Waals surface area contributed by atoms with Crippen LogP contribution in [0.2, 0.25) is 0 Å². The molecule has 2 nitrogen and oxygen atoms in total. The van der Waals surface area contributed by atoms with Gasteiger partial charge in [0.15, 0.2) is 0 Å². The van der Waals surface area contributed by atoms with Gasteiger partial charge in [0.1, 0.15) is 0 Å². The molecule has 0 aromatic carbocycles. The van der Waals surface area contributed by atoms with Gasteiger partial charge in [0.25, 0.3) is 0 Å². The van der Waals surface area contributed by atoms with Gasteiger partial charge in [-0.15, -0.1) is 0 Å². The number of aromatic nitrogens is 1. The first-order valence-electron chi connectivity index (χ1n) is 4.51. The number of nitrogens with one attached hydrogen (secondary N) is 1. The van der Waals surface area contributed by atoms with Crippen LogP contribution in [0.4, 0.5) is 5.69 Å². The molecule has 1 aromatic heterocycles. The molecule has 0 saturated heterocycles. The maximum atomic E-state index is 4.14. The first-order valence-corrected chi connectivity index (χ1v) is 4.51. The van der Waals surface area contributed by atoms with Crippen molar-refractivity contribution in [1.82, 2.24) is 4.98 Å². The molecule has 1 N–H and O–H groups in total. The normalized spacial score (nSPS) is 16.1. The standard InChI is InChI=1S/C10H14N2/c1-8-6-10(4-5-11-8)12-7-9-2-3-9/h4-6,9H,2-3,7H2,1H3,(H,11,12). The van der Waals surface area contributed by atoms with Crippen molar-refractivity contribution in [2.24, 2.45) is 5.92 Å². The van der Waals surface area contributed by atoms with E-state index in [1.54, 1.807) is 0 Å². The molecule has 1 aliphatic rings. The molecule has 12 heavy (non-hydrogen) atoms. The number of nitrogens with zero attached hydrogens (tertiary/aromatic N) is 1. The van der Waals surface area contributed by atoms with Crippen LogP contribution in [-0.4, -0.2) is 11.5 Å². The lowest BCUT2D eigenvalue weighted by molar-refractivity contribution is 0.888. The van der Waals surface area contributed by atoms with Gasteiger partial charge in [-0.25, -0.2) is 0 Å². The van der Waals surface area contributed by atoms with Crippen molar-refractivity contribution < 1.29 is 0 Å². The third-order valence-electron chi connectivity index (χ3n) is 2.19. The Bertz CT molecular complexity index is 266. The van der Waals surface area contributed by atoms with E-state index < -0.39 is 0 Å². The summed E-state index contributed by atoms with van der Waals surface area (Å²) in [6.07, 6.45) is 4.65. The summed E-state index contributed by atoms with van der Waals surface area (Å²) in [5, 5.41) is 3.41. The molecule has 0 atom stereocenters. The fourth-order valence-electron chi connectivity index (χ4n) is 1.24. The van der Waals surface area contributed by atoms with Gasteiger partial charge in [0, 0.05) is 24.1 Å². The highest BCUT2D eigenvalue weighted by Crippen LogP contribution is 2.28. The molecule has 2 rings (SSSR count). The maximum absolute atomic E-state index is 4.14. The van der Waals surface area contributed by atoms with E-state index in [-0.39, 0.29) is 0 Å². The number of hydrogen-bond donors (Lipinski definition) is 1. The van der Waals surface area contributed by atoms with Gasteiger partial charge in [-0.2, -0.15) is 0 Å². The van der Waals surface area contributed by atoms with Gasteiger partial charge < -0.3 is 5.32 Å². The highest BCUT2D eigenvalue weighted by atomic mass is 14.9. The fraction of sp³-hybridized carbons (Fsp3) is 0.500. The first-order chi connectivity index (χ1) is 5.84. The van der Waals surface area contributed by atoms with Gasteiger partial charge in [-0.1, -0.05) is 0 Å². The van der Waals surface area contributed by atoms with Crippen LogP contribution >= 0.6 is 0 Å². The highest BCUT2D eigenvalue weighted by molar-refractivity contribution is 5.42. The molecule has 2 heteroatoms. The summed E-state index contributed by atoms with van der Waals surface area (Å²) in [5.74, 6) is 0.929. The smallest absolute Gasteiger partial charge is 0.0393 e. The molecule has 0 aliphatic heterocycles. The Morgan fingerprint density at radius 2 is 2.42 bits per heavy atom. The lowest BCUT2D eigenvalue weighted by Crippen LogP contribution is -2.03. The van der Waals surface area contributed by atoms with E-state index >= 15 is 0 Å². The van der Waals surface area contributed by atoms with E-state index in [4.69, 9.17) is 0 Å². The molecule has 64 valence electrons. The molecular formula is C10H14N2. The Kier molecular flexibility index (Phi) is 1.98. The largest absolute Gasteiger partial charge is 0.385 e. The summed E-state index contributed by atoms with van der Waals surface area (Å²) < 4.78 is 0. The predicted octanol–water partition coefficient (Wildman–Crippen LogP) is 2.21. The molecule has 0 radical (unpaired) electrons. The Morgan fingerprint density at radius 1 is 1.58 bits per heavy atom. The van der Waals surface area contributed by atoms with E-state index in [9.17, 15) is 0 Å². The lowest BCUT2D eigenvalue weighted by Gasteiger charge is -2.04. The van der Waals surface area contributed by atoms with Crippen LogP contribution < -0.4 is 5.32 Å². The summed E-state index contributed by atoms with van der Waals surface area (Å²) in [7, 11) is 0. The van der Waals surface area contributed by atoms with Gasteiger partial charge in [-0.3, -0.25) is 4.98 Å². The molecule has 1 saturated carbocycles. The zero-order valence-electron chi connectivity index (χ0n) is 7.38. The average Bonchev–Trinajstić information content (AvgIpc) is 2.84. The Hall–Kier alpha value is -1.05. The summed E-state index contributed by atoms with van der Waals surface area (Å²) in [5.41, 5.74) is 2.28. The second-order valence-corrected chi connectivity index (χ2v) is 3.51. The van der Waals surface area contributed by atoms with Gasteiger partial charge in [0.2, 0.25) is 0 Å². The number of pyridine rings is 1. The minimum atomic E-state index is 0.929. The maximum Gasteiger partial charge on any atom is 0.0393 e. The van der Waals surface area contributed by atoms with Crippen molar-refractivity contribution in [3.8, 4) is 0 Å². The van der Waals surface area contributed by atoms with Crippen LogP contribution in [0.1, 0.15) is 18.5 Å². The Balaban J connectivity index is 1.92. The summed E-state index contributed by atoms with van der Waals surface area (Å²) in [6.45, 7) is 3.14. The zero-order chi connectivity index (χ0) is 8.39. The SMILES string of the molecule is Cc1cc(NCC2CC2)ccn1. The van der Waals surface area contributed by atoms with Crippen LogP contribution in [-0.2, 0) is 0 Å². The van der Waals surface area contributed by atoms with Crippen LogP contribution in [0.5, 0.6) is 0 Å².